The van der Waals surface area contributed by atoms with Crippen LogP contribution in [-0.2, 0) is 0 Å². The number of aromatic nitrogens is 2. The van der Waals surface area contributed by atoms with E-state index in [0.29, 0.717) is 32.3 Å². The van der Waals surface area contributed by atoms with Gasteiger partial charge in [-0.2, -0.15) is 9.78 Å². The number of nitro benzene ring substituents is 1. The molecule has 0 saturated heterocycles. The number of hydrogen-bond acceptors (Lipinski definition) is 7. The number of terminal acetylenes is 1. The molecular formula is C29H25BrN4O5. The Hall–Kier alpha value is -4.49. The Morgan fingerprint density at radius 3 is 2.67 bits per heavy atom. The van der Waals surface area contributed by atoms with Gasteiger partial charge in [-0.05, 0) is 70.2 Å². The molecule has 0 atom stereocenters. The van der Waals surface area contributed by atoms with Crippen molar-refractivity contribution in [1.29, 1.82) is 0 Å². The normalized spacial score (nSPS) is 11.2. The van der Waals surface area contributed by atoms with Crippen molar-refractivity contribution in [3.8, 4) is 35.2 Å². The zero-order chi connectivity index (χ0) is 28.3. The minimum Gasteiger partial charge on any atom is -0.496 e. The van der Waals surface area contributed by atoms with Crippen LogP contribution in [0.25, 0.3) is 22.3 Å². The number of benzene rings is 3. The second-order valence-electron chi connectivity index (χ2n) is 8.98. The third-order valence-corrected chi connectivity index (χ3v) is 6.65. The molecule has 39 heavy (non-hydrogen) atoms. The Morgan fingerprint density at radius 1 is 1.26 bits per heavy atom. The van der Waals surface area contributed by atoms with Crippen LogP contribution in [0.5, 0.6) is 11.5 Å². The van der Waals surface area contributed by atoms with Gasteiger partial charge in [0.25, 0.3) is 5.56 Å². The molecule has 1 aromatic heterocycles. The SMILES string of the molecule is C#CCOc1c(Br)cc(C=Nn2c(-c3cc(C(C)C)c(OC)cc3C)nc3ccccc3c2=O)cc1[N+](=O)[O-]. The van der Waals surface area contributed by atoms with Gasteiger partial charge in [0, 0.05) is 17.2 Å². The molecule has 0 spiro atoms. The van der Waals surface area contributed by atoms with E-state index < -0.39 is 4.92 Å². The molecule has 0 N–H and O–H groups in total. The fraction of sp³-hybridized carbons (Fsp3) is 0.207. The molecule has 0 aliphatic heterocycles. The van der Waals surface area contributed by atoms with E-state index in [1.165, 1.54) is 17.0 Å². The van der Waals surface area contributed by atoms with Crippen molar-refractivity contribution >= 4 is 38.7 Å². The maximum atomic E-state index is 13.6. The number of methoxy groups -OCH3 is 1. The van der Waals surface area contributed by atoms with Gasteiger partial charge in [0.2, 0.25) is 5.75 Å². The molecule has 0 bridgehead atoms. The molecule has 10 heteroatoms. The molecule has 0 fully saturated rings. The Labute approximate surface area is 233 Å². The van der Waals surface area contributed by atoms with Crippen LogP contribution >= 0.6 is 15.9 Å². The summed E-state index contributed by atoms with van der Waals surface area (Å²) < 4.78 is 12.5. The minimum atomic E-state index is -0.572. The van der Waals surface area contributed by atoms with Crippen LogP contribution in [0.1, 0.15) is 36.5 Å². The van der Waals surface area contributed by atoms with Crippen molar-refractivity contribution in [2.75, 3.05) is 13.7 Å². The number of para-hydroxylation sites is 1. The number of fused-ring (bicyclic) bond motifs is 1. The third-order valence-electron chi connectivity index (χ3n) is 6.06. The van der Waals surface area contributed by atoms with Crippen molar-refractivity contribution < 1.29 is 14.4 Å². The van der Waals surface area contributed by atoms with E-state index in [4.69, 9.17) is 20.9 Å². The standard InChI is InChI=1S/C29H25BrN4O5/c1-6-11-39-27-23(30)13-19(14-25(27)34(36)37)16-31-33-28(32-24-10-8-7-9-20(24)29(33)35)22-15-21(17(2)3)26(38-5)12-18(22)4/h1,7-10,12-17H,11H2,2-5H3. The van der Waals surface area contributed by atoms with Gasteiger partial charge in [-0.25, -0.2) is 4.98 Å². The van der Waals surface area contributed by atoms with E-state index in [1.807, 2.05) is 25.1 Å². The summed E-state index contributed by atoms with van der Waals surface area (Å²) in [5, 5.41) is 16.6. The summed E-state index contributed by atoms with van der Waals surface area (Å²) in [6.45, 7) is 5.89. The van der Waals surface area contributed by atoms with Gasteiger partial charge in [-0.15, -0.1) is 6.42 Å². The monoisotopic (exact) mass is 588 g/mol. The molecule has 0 saturated carbocycles. The summed E-state index contributed by atoms with van der Waals surface area (Å²) >= 11 is 3.31. The Kier molecular flexibility index (Phi) is 8.12. The smallest absolute Gasteiger partial charge is 0.312 e. The number of ether oxygens (including phenoxy) is 2. The molecule has 0 radical (unpaired) electrons. The first kappa shape index (κ1) is 27.5. The van der Waals surface area contributed by atoms with Gasteiger partial charge >= 0.3 is 5.69 Å². The first-order chi connectivity index (χ1) is 18.7. The fourth-order valence-electron chi connectivity index (χ4n) is 4.16. The van der Waals surface area contributed by atoms with Crippen LogP contribution in [0, 0.1) is 29.4 Å². The number of hydrogen-bond donors (Lipinski definition) is 0. The van der Waals surface area contributed by atoms with Crippen molar-refractivity contribution in [2.45, 2.75) is 26.7 Å². The zero-order valence-electron chi connectivity index (χ0n) is 21.8. The van der Waals surface area contributed by atoms with Crippen LogP contribution in [0.15, 0.2) is 62.9 Å². The highest BCUT2D eigenvalue weighted by Crippen LogP contribution is 2.36. The lowest BCUT2D eigenvalue weighted by molar-refractivity contribution is -0.385. The van der Waals surface area contributed by atoms with Gasteiger partial charge in [0.05, 0.1) is 33.6 Å². The molecule has 0 aliphatic carbocycles. The molecule has 198 valence electrons. The van der Waals surface area contributed by atoms with Crippen molar-refractivity contribution in [3.63, 3.8) is 0 Å². The predicted molar refractivity (Wildman–Crippen MR) is 155 cm³/mol. The van der Waals surface area contributed by atoms with Crippen LogP contribution in [0.4, 0.5) is 5.69 Å². The van der Waals surface area contributed by atoms with Crippen molar-refractivity contribution in [3.05, 3.63) is 90.2 Å². The first-order valence-electron chi connectivity index (χ1n) is 12.0. The summed E-state index contributed by atoms with van der Waals surface area (Å²) in [4.78, 5) is 29.6. The number of halogens is 1. The summed E-state index contributed by atoms with van der Waals surface area (Å²) in [5.74, 6) is 3.53. The average molecular weight is 589 g/mol. The van der Waals surface area contributed by atoms with Gasteiger partial charge in [-0.3, -0.25) is 14.9 Å². The summed E-state index contributed by atoms with van der Waals surface area (Å²) in [7, 11) is 1.62. The maximum absolute atomic E-state index is 13.6. The molecule has 3 aromatic carbocycles. The van der Waals surface area contributed by atoms with E-state index in [-0.39, 0.29) is 29.5 Å². The highest BCUT2D eigenvalue weighted by atomic mass is 79.9. The zero-order valence-corrected chi connectivity index (χ0v) is 23.4. The predicted octanol–water partition coefficient (Wildman–Crippen LogP) is 6.07. The molecule has 0 amide bonds. The Bertz CT molecular complexity index is 1720. The number of rotatable bonds is 8. The summed E-state index contributed by atoms with van der Waals surface area (Å²) in [5.41, 5.74) is 2.73. The van der Waals surface area contributed by atoms with Gasteiger partial charge in [0.1, 0.15) is 12.4 Å². The van der Waals surface area contributed by atoms with E-state index in [9.17, 15) is 14.9 Å². The molecule has 1 heterocycles. The van der Waals surface area contributed by atoms with E-state index in [0.717, 1.165) is 16.9 Å². The number of nitro groups is 1. The van der Waals surface area contributed by atoms with Crippen LogP contribution in [0.3, 0.4) is 0 Å². The molecule has 0 aliphatic rings. The maximum Gasteiger partial charge on any atom is 0.312 e. The largest absolute Gasteiger partial charge is 0.496 e. The highest BCUT2D eigenvalue weighted by molar-refractivity contribution is 9.10. The van der Waals surface area contributed by atoms with Gasteiger partial charge in [0.15, 0.2) is 5.82 Å². The van der Waals surface area contributed by atoms with Crippen molar-refractivity contribution in [1.82, 2.24) is 9.66 Å². The fourth-order valence-corrected chi connectivity index (χ4v) is 4.74. The Morgan fingerprint density at radius 2 is 2.00 bits per heavy atom. The Balaban J connectivity index is 1.94. The van der Waals surface area contributed by atoms with Crippen LogP contribution in [0.2, 0.25) is 0 Å². The molecular weight excluding hydrogens is 564 g/mol. The summed E-state index contributed by atoms with van der Waals surface area (Å²) in [6, 6.07) is 13.8. The van der Waals surface area contributed by atoms with E-state index in [2.05, 4.69) is 40.8 Å². The third kappa shape index (κ3) is 5.54. The van der Waals surface area contributed by atoms with Crippen molar-refractivity contribution in [2.24, 2.45) is 5.10 Å². The first-order valence-corrected chi connectivity index (χ1v) is 12.7. The highest BCUT2D eigenvalue weighted by Gasteiger charge is 2.21. The minimum absolute atomic E-state index is 0.00963. The molecule has 4 rings (SSSR count). The molecule has 9 nitrogen and oxygen atoms in total. The lowest BCUT2D eigenvalue weighted by Crippen LogP contribution is -2.20. The second kappa shape index (κ2) is 11.5. The average Bonchev–Trinajstić information content (AvgIpc) is 2.91. The quantitative estimate of drug-likeness (QED) is 0.107. The summed E-state index contributed by atoms with van der Waals surface area (Å²) in [6.07, 6.45) is 6.60. The number of aryl methyl sites for hydroxylation is 1. The van der Waals surface area contributed by atoms with E-state index >= 15 is 0 Å². The van der Waals surface area contributed by atoms with Gasteiger partial charge in [-0.1, -0.05) is 31.9 Å². The number of nitrogens with zero attached hydrogens (tertiary/aromatic N) is 4. The lowest BCUT2D eigenvalue weighted by Gasteiger charge is -2.17. The van der Waals surface area contributed by atoms with Gasteiger partial charge < -0.3 is 9.47 Å². The second-order valence-corrected chi connectivity index (χ2v) is 9.83. The topological polar surface area (TPSA) is 109 Å². The lowest BCUT2D eigenvalue weighted by atomic mass is 9.96. The molecule has 4 aromatic rings. The van der Waals surface area contributed by atoms with Crippen LogP contribution in [-0.4, -0.2) is 34.5 Å². The molecule has 0 unspecified atom stereocenters. The van der Waals surface area contributed by atoms with Crippen LogP contribution < -0.4 is 15.0 Å². The van der Waals surface area contributed by atoms with E-state index in [1.54, 1.807) is 31.4 Å².